The normalized spacial score (nSPS) is 10.2. The van der Waals surface area contributed by atoms with Crippen LogP contribution < -0.4 is 20.1 Å². The summed E-state index contributed by atoms with van der Waals surface area (Å²) in [6, 6.07) is 11.0. The molecule has 0 aliphatic rings. The lowest BCUT2D eigenvalue weighted by Crippen LogP contribution is -2.16. The van der Waals surface area contributed by atoms with Crippen molar-refractivity contribution in [3.63, 3.8) is 0 Å². The number of aryl methyl sites for hydroxylation is 2. The Kier molecular flexibility index (Phi) is 6.60. The van der Waals surface area contributed by atoms with Crippen molar-refractivity contribution in [3.05, 3.63) is 47.5 Å². The maximum Gasteiger partial charge on any atom is 0.227 e. The van der Waals surface area contributed by atoms with Crippen LogP contribution in [0.1, 0.15) is 24.5 Å². The third-order valence-electron chi connectivity index (χ3n) is 3.71. The van der Waals surface area contributed by atoms with E-state index in [0.29, 0.717) is 17.1 Å². The van der Waals surface area contributed by atoms with E-state index in [1.54, 1.807) is 18.2 Å². The van der Waals surface area contributed by atoms with Crippen LogP contribution in [0, 0.1) is 13.8 Å². The molecule has 0 spiro atoms. The van der Waals surface area contributed by atoms with Crippen LogP contribution in [0.2, 0.25) is 0 Å². The van der Waals surface area contributed by atoms with Gasteiger partial charge in [0, 0.05) is 12.6 Å². The van der Waals surface area contributed by atoms with Gasteiger partial charge in [-0.05, 0) is 43.7 Å². The molecule has 0 aliphatic carbocycles. The highest BCUT2D eigenvalue weighted by Crippen LogP contribution is 2.28. The van der Waals surface area contributed by atoms with Gasteiger partial charge < -0.3 is 20.1 Å². The summed E-state index contributed by atoms with van der Waals surface area (Å²) in [5.74, 6) is 0.902. The molecule has 2 aromatic carbocycles. The van der Waals surface area contributed by atoms with Gasteiger partial charge in [0.25, 0.3) is 0 Å². The maximum absolute atomic E-state index is 12.2. The van der Waals surface area contributed by atoms with Crippen LogP contribution in [0.4, 0.5) is 11.4 Å². The van der Waals surface area contributed by atoms with E-state index in [1.165, 1.54) is 19.6 Å². The molecule has 0 aliphatic heterocycles. The minimum atomic E-state index is -0.201. The van der Waals surface area contributed by atoms with E-state index in [2.05, 4.69) is 10.6 Å². The molecule has 0 saturated heterocycles. The number of anilines is 2. The molecule has 6 heteroatoms. The van der Waals surface area contributed by atoms with E-state index >= 15 is 0 Å². The second-order valence-electron chi connectivity index (χ2n) is 6.01. The third-order valence-corrected chi connectivity index (χ3v) is 3.71. The predicted octanol–water partition coefficient (Wildman–Crippen LogP) is 3.68. The summed E-state index contributed by atoms with van der Waals surface area (Å²) in [5.41, 5.74) is 3.28. The molecule has 2 amide bonds. The summed E-state index contributed by atoms with van der Waals surface area (Å²) >= 11 is 0. The highest BCUT2D eigenvalue weighted by atomic mass is 16.5. The molecule has 0 bridgehead atoms. The summed E-state index contributed by atoms with van der Waals surface area (Å²) in [6.07, 6.45) is 0.195. The number of benzene rings is 2. The fourth-order valence-electron chi connectivity index (χ4n) is 2.51. The first-order valence-corrected chi connectivity index (χ1v) is 8.34. The molecule has 0 saturated carbocycles. The van der Waals surface area contributed by atoms with E-state index in [-0.39, 0.29) is 24.8 Å². The van der Waals surface area contributed by atoms with Gasteiger partial charge in [-0.2, -0.15) is 0 Å². The largest absolute Gasteiger partial charge is 0.495 e. The minimum absolute atomic E-state index is 0.186. The van der Waals surface area contributed by atoms with Crippen molar-refractivity contribution in [2.75, 3.05) is 24.4 Å². The van der Waals surface area contributed by atoms with Crippen LogP contribution in [0.15, 0.2) is 36.4 Å². The summed E-state index contributed by atoms with van der Waals surface area (Å²) in [5, 5.41) is 5.46. The number of nitrogens with one attached hydrogen (secondary N) is 2. The van der Waals surface area contributed by atoms with Crippen molar-refractivity contribution in [1.82, 2.24) is 0 Å². The topological polar surface area (TPSA) is 76.7 Å². The van der Waals surface area contributed by atoms with Crippen LogP contribution >= 0.6 is 0 Å². The fourth-order valence-corrected chi connectivity index (χ4v) is 2.51. The zero-order valence-electron chi connectivity index (χ0n) is 15.5. The molecular weight excluding hydrogens is 332 g/mol. The molecule has 0 unspecified atom stereocenters. The molecular formula is C20H24N2O4. The molecule has 0 atom stereocenters. The Bertz CT molecular complexity index is 802. The van der Waals surface area contributed by atoms with Crippen molar-refractivity contribution in [2.45, 2.75) is 27.2 Å². The number of ether oxygens (including phenoxy) is 2. The highest BCUT2D eigenvalue weighted by Gasteiger charge is 2.10. The van der Waals surface area contributed by atoms with Crippen molar-refractivity contribution in [2.24, 2.45) is 0 Å². The number of methoxy groups -OCH3 is 1. The molecule has 0 fully saturated rings. The third kappa shape index (κ3) is 5.51. The SMILES string of the molecule is COc1ccc(NC(C)=O)cc1NC(=O)CCOc1ccc(C)cc1C. The van der Waals surface area contributed by atoms with Gasteiger partial charge in [-0.3, -0.25) is 9.59 Å². The molecule has 26 heavy (non-hydrogen) atoms. The number of rotatable bonds is 7. The summed E-state index contributed by atoms with van der Waals surface area (Å²) in [4.78, 5) is 23.4. The smallest absolute Gasteiger partial charge is 0.227 e. The van der Waals surface area contributed by atoms with E-state index in [4.69, 9.17) is 9.47 Å². The second-order valence-corrected chi connectivity index (χ2v) is 6.01. The van der Waals surface area contributed by atoms with Crippen molar-refractivity contribution in [1.29, 1.82) is 0 Å². The number of amides is 2. The van der Waals surface area contributed by atoms with Gasteiger partial charge in [0.15, 0.2) is 0 Å². The molecule has 0 radical (unpaired) electrons. The average molecular weight is 356 g/mol. The molecule has 6 nitrogen and oxygen atoms in total. The van der Waals surface area contributed by atoms with Crippen LogP contribution in [-0.4, -0.2) is 25.5 Å². The number of hydrogen-bond acceptors (Lipinski definition) is 4. The standard InChI is InChI=1S/C20H24N2O4/c1-13-5-7-18(14(2)11-13)26-10-9-20(24)22-17-12-16(21-15(3)23)6-8-19(17)25-4/h5-8,11-12H,9-10H2,1-4H3,(H,21,23)(H,22,24). The Labute approximate surface area is 153 Å². The lowest BCUT2D eigenvalue weighted by atomic mass is 10.1. The van der Waals surface area contributed by atoms with Crippen molar-refractivity contribution >= 4 is 23.2 Å². The number of carbonyl (C=O) groups is 2. The van der Waals surface area contributed by atoms with E-state index in [0.717, 1.165) is 11.3 Å². The van der Waals surface area contributed by atoms with Crippen LogP contribution in [0.25, 0.3) is 0 Å². The lowest BCUT2D eigenvalue weighted by Gasteiger charge is -2.13. The zero-order valence-corrected chi connectivity index (χ0v) is 15.5. The molecule has 0 heterocycles. The lowest BCUT2D eigenvalue weighted by molar-refractivity contribution is -0.116. The molecule has 0 aromatic heterocycles. The molecule has 138 valence electrons. The van der Waals surface area contributed by atoms with Gasteiger partial charge in [0.2, 0.25) is 11.8 Å². The van der Waals surface area contributed by atoms with Gasteiger partial charge >= 0.3 is 0 Å². The molecule has 2 aromatic rings. The monoisotopic (exact) mass is 356 g/mol. The van der Waals surface area contributed by atoms with Crippen LogP contribution in [0.3, 0.4) is 0 Å². The Balaban J connectivity index is 1.95. The number of carbonyl (C=O) groups excluding carboxylic acids is 2. The van der Waals surface area contributed by atoms with E-state index in [1.807, 2.05) is 32.0 Å². The van der Waals surface area contributed by atoms with Gasteiger partial charge in [0.1, 0.15) is 11.5 Å². The van der Waals surface area contributed by atoms with Crippen LogP contribution in [0.5, 0.6) is 11.5 Å². The van der Waals surface area contributed by atoms with Gasteiger partial charge in [0.05, 0.1) is 25.8 Å². The van der Waals surface area contributed by atoms with Crippen molar-refractivity contribution < 1.29 is 19.1 Å². The second kappa shape index (κ2) is 8.89. The first kappa shape index (κ1) is 19.3. The Morgan fingerprint density at radius 1 is 1.00 bits per heavy atom. The quantitative estimate of drug-likeness (QED) is 0.793. The van der Waals surface area contributed by atoms with Crippen molar-refractivity contribution in [3.8, 4) is 11.5 Å². The molecule has 2 rings (SSSR count). The average Bonchev–Trinajstić information content (AvgIpc) is 2.56. The molecule has 2 N–H and O–H groups in total. The van der Waals surface area contributed by atoms with E-state index < -0.39 is 0 Å². The van der Waals surface area contributed by atoms with Gasteiger partial charge in [-0.1, -0.05) is 17.7 Å². The summed E-state index contributed by atoms with van der Waals surface area (Å²) < 4.78 is 10.9. The highest BCUT2D eigenvalue weighted by molar-refractivity contribution is 5.95. The van der Waals surface area contributed by atoms with Crippen LogP contribution in [-0.2, 0) is 9.59 Å². The zero-order chi connectivity index (χ0) is 19.1. The summed E-state index contributed by atoms with van der Waals surface area (Å²) in [6.45, 7) is 5.68. The summed E-state index contributed by atoms with van der Waals surface area (Å²) in [7, 11) is 1.52. The minimum Gasteiger partial charge on any atom is -0.495 e. The predicted molar refractivity (Wildman–Crippen MR) is 102 cm³/mol. The first-order valence-electron chi connectivity index (χ1n) is 8.34. The Morgan fingerprint density at radius 2 is 1.73 bits per heavy atom. The van der Waals surface area contributed by atoms with E-state index in [9.17, 15) is 9.59 Å². The van der Waals surface area contributed by atoms with Gasteiger partial charge in [-0.15, -0.1) is 0 Å². The fraction of sp³-hybridized carbons (Fsp3) is 0.300. The Hall–Kier alpha value is -3.02. The van der Waals surface area contributed by atoms with Gasteiger partial charge in [-0.25, -0.2) is 0 Å². The maximum atomic E-state index is 12.2. The Morgan fingerprint density at radius 3 is 2.38 bits per heavy atom. The first-order chi connectivity index (χ1) is 12.4. The number of hydrogen-bond donors (Lipinski definition) is 2.